The van der Waals surface area contributed by atoms with Crippen LogP contribution in [0.15, 0.2) is 0 Å². The maximum atomic E-state index is 11.8. The average molecular weight is 675 g/mol. The van der Waals surface area contributed by atoms with E-state index in [1.807, 2.05) is 0 Å². The number of carbonyl (C=O) groups excluding carboxylic acids is 2. The molecule has 0 aliphatic rings. The fourth-order valence-electron chi connectivity index (χ4n) is 4.32. The van der Waals surface area contributed by atoms with Gasteiger partial charge in [0, 0.05) is 12.8 Å². The van der Waals surface area contributed by atoms with E-state index < -0.39 is 20.2 Å². The highest BCUT2D eigenvalue weighted by Crippen LogP contribution is 2.13. The van der Waals surface area contributed by atoms with Gasteiger partial charge < -0.3 is 9.47 Å². The van der Waals surface area contributed by atoms with E-state index in [1.165, 1.54) is 116 Å². The van der Waals surface area contributed by atoms with Gasteiger partial charge in [-0.2, -0.15) is 16.8 Å². The summed E-state index contributed by atoms with van der Waals surface area (Å²) in [5, 5.41) is 0. The highest BCUT2D eigenvalue weighted by Gasteiger charge is 2.06. The van der Waals surface area contributed by atoms with Crippen LogP contribution in [0.2, 0.25) is 0 Å². The lowest BCUT2D eigenvalue weighted by molar-refractivity contribution is -0.152. The van der Waals surface area contributed by atoms with Gasteiger partial charge in [-0.1, -0.05) is 142 Å². The fourth-order valence-corrected chi connectivity index (χ4v) is 4.32. The number of carbonyl (C=O) groups is 2. The summed E-state index contributed by atoms with van der Waals surface area (Å²) in [4.78, 5) is 23.5. The Morgan fingerprint density at radius 1 is 0.432 bits per heavy atom. The zero-order valence-electron chi connectivity index (χ0n) is 28.4. The lowest BCUT2D eigenvalue weighted by Gasteiger charge is -2.07. The van der Waals surface area contributed by atoms with Gasteiger partial charge in [-0.15, -0.1) is 0 Å². The fraction of sp³-hybridized carbons (Fsp3) is 0.938. The van der Waals surface area contributed by atoms with E-state index in [-0.39, 0.29) is 25.2 Å². The van der Waals surface area contributed by atoms with Crippen molar-refractivity contribution in [1.29, 1.82) is 0 Å². The van der Waals surface area contributed by atoms with Crippen molar-refractivity contribution in [3.05, 3.63) is 0 Å². The van der Waals surface area contributed by atoms with Crippen molar-refractivity contribution < 1.29 is 45.0 Å². The SMILES string of the molecule is CCCCCCCCCCCCCC(=O)OCCOC(=O)CCCCCCCCCCCCC.CS(=O)(=O)O.CS(=O)(=O)O. The van der Waals surface area contributed by atoms with Crippen molar-refractivity contribution in [3.8, 4) is 0 Å². The molecule has 0 unspecified atom stereocenters. The molecule has 266 valence electrons. The molecular weight excluding hydrogens is 608 g/mol. The first-order valence-corrected chi connectivity index (χ1v) is 20.6. The molecule has 0 saturated heterocycles. The number of hydrogen-bond donors (Lipinski definition) is 2. The van der Waals surface area contributed by atoms with Crippen LogP contribution in [0.3, 0.4) is 0 Å². The maximum Gasteiger partial charge on any atom is 0.305 e. The third-order valence-electron chi connectivity index (χ3n) is 6.58. The minimum absolute atomic E-state index is 0.169. The van der Waals surface area contributed by atoms with Crippen LogP contribution in [0.25, 0.3) is 0 Å². The summed E-state index contributed by atoms with van der Waals surface area (Å²) in [7, 11) is -7.33. The number of rotatable bonds is 27. The standard InChI is InChI=1S/C30H58O4.2CH4O3S/c1-3-5-7-9-11-13-15-17-19-21-23-25-29(31)33-27-28-34-30(32)26-24-22-20-18-16-14-12-10-8-6-4-2;2*1-5(2,3)4/h3-28H2,1-2H3;2*1H3,(H,2,3,4). The maximum absolute atomic E-state index is 11.8. The molecule has 0 radical (unpaired) electrons. The first-order valence-electron chi connectivity index (χ1n) is 16.9. The number of esters is 2. The molecule has 0 heterocycles. The zero-order valence-corrected chi connectivity index (χ0v) is 30.0. The monoisotopic (exact) mass is 674 g/mol. The molecule has 0 aromatic heterocycles. The van der Waals surface area contributed by atoms with Gasteiger partial charge in [-0.3, -0.25) is 18.7 Å². The quantitative estimate of drug-likeness (QED) is 0.0491. The van der Waals surface area contributed by atoms with Crippen LogP contribution >= 0.6 is 0 Å². The summed E-state index contributed by atoms with van der Waals surface area (Å²) in [6.07, 6.45) is 30.3. The summed E-state index contributed by atoms with van der Waals surface area (Å²) in [5.74, 6) is -0.338. The third kappa shape index (κ3) is 63.9. The summed E-state index contributed by atoms with van der Waals surface area (Å²) < 4.78 is 62.1. The lowest BCUT2D eigenvalue weighted by Crippen LogP contribution is -2.13. The molecular formula is C32H66O10S2. The van der Waals surface area contributed by atoms with Crippen LogP contribution in [0, 0.1) is 0 Å². The highest BCUT2D eigenvalue weighted by molar-refractivity contribution is 7.85. The Morgan fingerprint density at radius 2 is 0.614 bits per heavy atom. The van der Waals surface area contributed by atoms with E-state index in [0.717, 1.165) is 25.7 Å². The molecule has 0 rings (SSSR count). The first-order chi connectivity index (χ1) is 20.7. The smallest absolute Gasteiger partial charge is 0.305 e. The topological polar surface area (TPSA) is 161 Å². The van der Waals surface area contributed by atoms with E-state index in [0.29, 0.717) is 25.4 Å². The van der Waals surface area contributed by atoms with Crippen LogP contribution in [0.1, 0.15) is 168 Å². The van der Waals surface area contributed by atoms with Crippen molar-refractivity contribution in [2.45, 2.75) is 168 Å². The molecule has 0 aliphatic heterocycles. The molecule has 0 saturated carbocycles. The van der Waals surface area contributed by atoms with Crippen molar-refractivity contribution >= 4 is 32.2 Å². The Labute approximate surface area is 270 Å². The van der Waals surface area contributed by atoms with Crippen molar-refractivity contribution in [2.24, 2.45) is 0 Å². The largest absolute Gasteiger partial charge is 0.462 e. The molecule has 0 aromatic carbocycles. The van der Waals surface area contributed by atoms with Gasteiger partial charge in [0.25, 0.3) is 20.2 Å². The first kappa shape index (κ1) is 47.2. The highest BCUT2D eigenvalue weighted by atomic mass is 32.2. The third-order valence-corrected chi connectivity index (χ3v) is 6.58. The lowest BCUT2D eigenvalue weighted by atomic mass is 10.1. The van der Waals surface area contributed by atoms with E-state index in [2.05, 4.69) is 13.8 Å². The van der Waals surface area contributed by atoms with Gasteiger partial charge in [0.2, 0.25) is 0 Å². The zero-order chi connectivity index (χ0) is 34.0. The van der Waals surface area contributed by atoms with Crippen molar-refractivity contribution in [2.75, 3.05) is 25.7 Å². The Hall–Kier alpha value is -1.24. The molecule has 0 fully saturated rings. The summed E-state index contributed by atoms with van der Waals surface area (Å²) in [5.41, 5.74) is 0. The van der Waals surface area contributed by atoms with Gasteiger partial charge in [0.1, 0.15) is 13.2 Å². The van der Waals surface area contributed by atoms with Crippen LogP contribution in [-0.2, 0) is 39.3 Å². The Kier molecular flexibility index (Phi) is 37.1. The second-order valence-electron chi connectivity index (χ2n) is 11.5. The Bertz CT molecular complexity index is 757. The summed E-state index contributed by atoms with van der Waals surface area (Å²) in [6, 6.07) is 0. The second-order valence-corrected chi connectivity index (χ2v) is 14.4. The van der Waals surface area contributed by atoms with Crippen molar-refractivity contribution in [1.82, 2.24) is 0 Å². The van der Waals surface area contributed by atoms with E-state index >= 15 is 0 Å². The Morgan fingerprint density at radius 3 is 0.818 bits per heavy atom. The summed E-state index contributed by atoms with van der Waals surface area (Å²) in [6.45, 7) is 4.87. The van der Waals surface area contributed by atoms with E-state index in [9.17, 15) is 26.4 Å². The molecule has 44 heavy (non-hydrogen) atoms. The molecule has 0 spiro atoms. The van der Waals surface area contributed by atoms with Gasteiger partial charge in [0.15, 0.2) is 0 Å². The van der Waals surface area contributed by atoms with Gasteiger partial charge >= 0.3 is 11.9 Å². The molecule has 0 atom stereocenters. The van der Waals surface area contributed by atoms with Crippen LogP contribution in [0.4, 0.5) is 0 Å². The van der Waals surface area contributed by atoms with Gasteiger partial charge in [0.05, 0.1) is 12.5 Å². The number of ether oxygens (including phenoxy) is 2. The number of hydrogen-bond acceptors (Lipinski definition) is 8. The molecule has 0 bridgehead atoms. The normalized spacial score (nSPS) is 11.1. The summed E-state index contributed by atoms with van der Waals surface area (Å²) >= 11 is 0. The van der Waals surface area contributed by atoms with Crippen LogP contribution in [-0.4, -0.2) is 63.6 Å². The second kappa shape index (κ2) is 34.6. The Balaban J connectivity index is -0.00000144. The van der Waals surface area contributed by atoms with Gasteiger partial charge in [-0.05, 0) is 12.8 Å². The molecule has 0 aliphatic carbocycles. The van der Waals surface area contributed by atoms with E-state index in [4.69, 9.17) is 18.6 Å². The van der Waals surface area contributed by atoms with E-state index in [1.54, 1.807) is 0 Å². The molecule has 12 heteroatoms. The van der Waals surface area contributed by atoms with Crippen LogP contribution in [0.5, 0.6) is 0 Å². The number of unbranched alkanes of at least 4 members (excludes halogenated alkanes) is 20. The van der Waals surface area contributed by atoms with Crippen molar-refractivity contribution in [3.63, 3.8) is 0 Å². The predicted octanol–water partition coefficient (Wildman–Crippen LogP) is 8.48. The molecule has 10 nitrogen and oxygen atoms in total. The molecule has 2 N–H and O–H groups in total. The van der Waals surface area contributed by atoms with Crippen LogP contribution < -0.4 is 0 Å². The van der Waals surface area contributed by atoms with Gasteiger partial charge in [-0.25, -0.2) is 0 Å². The minimum atomic E-state index is -3.67. The minimum Gasteiger partial charge on any atom is -0.462 e. The molecule has 0 aromatic rings. The molecule has 0 amide bonds. The predicted molar refractivity (Wildman–Crippen MR) is 179 cm³/mol. The average Bonchev–Trinajstić information content (AvgIpc) is 2.91.